The van der Waals surface area contributed by atoms with Gasteiger partial charge in [0.15, 0.2) is 4.96 Å². The minimum atomic E-state index is -0.0245. The number of thiazole rings is 1. The molecule has 3 aromatic heterocycles. The van der Waals surface area contributed by atoms with Crippen molar-refractivity contribution < 1.29 is 4.74 Å². The second-order valence-electron chi connectivity index (χ2n) is 4.02. The lowest BCUT2D eigenvalue weighted by atomic mass is 10.1. The first-order valence-electron chi connectivity index (χ1n) is 5.55. The van der Waals surface area contributed by atoms with Crippen LogP contribution in [0.3, 0.4) is 0 Å². The summed E-state index contributed by atoms with van der Waals surface area (Å²) in [7, 11) is 1.67. The van der Waals surface area contributed by atoms with Crippen LogP contribution in [0, 0.1) is 0 Å². The Bertz CT molecular complexity index is 626. The van der Waals surface area contributed by atoms with Crippen LogP contribution in [-0.4, -0.2) is 16.5 Å². The molecule has 0 bridgehead atoms. The molecule has 3 aromatic rings. The lowest BCUT2D eigenvalue weighted by molar-refractivity contribution is 0.416. The molecule has 0 saturated carbocycles. The van der Waals surface area contributed by atoms with E-state index in [1.807, 2.05) is 33.6 Å². The first-order valence-corrected chi connectivity index (χ1v) is 7.31. The summed E-state index contributed by atoms with van der Waals surface area (Å²) in [6, 6.07) is 1.97. The van der Waals surface area contributed by atoms with E-state index < -0.39 is 0 Å². The van der Waals surface area contributed by atoms with Gasteiger partial charge in [-0.05, 0) is 6.07 Å². The monoisotopic (exact) mass is 279 g/mol. The molecule has 0 aromatic carbocycles. The zero-order chi connectivity index (χ0) is 12.5. The smallest absolute Gasteiger partial charge is 0.193 e. The van der Waals surface area contributed by atoms with E-state index in [4.69, 9.17) is 10.5 Å². The van der Waals surface area contributed by atoms with Crippen LogP contribution in [0.15, 0.2) is 29.2 Å². The molecule has 0 fully saturated rings. The van der Waals surface area contributed by atoms with Crippen molar-refractivity contribution in [2.75, 3.05) is 7.11 Å². The Balaban J connectivity index is 1.77. The van der Waals surface area contributed by atoms with Crippen molar-refractivity contribution in [3.8, 4) is 5.75 Å². The van der Waals surface area contributed by atoms with E-state index in [1.165, 1.54) is 0 Å². The summed E-state index contributed by atoms with van der Waals surface area (Å²) in [6.07, 6.45) is 4.80. The van der Waals surface area contributed by atoms with Gasteiger partial charge in [0.2, 0.25) is 0 Å². The van der Waals surface area contributed by atoms with Crippen LogP contribution in [0.2, 0.25) is 0 Å². The van der Waals surface area contributed by atoms with Gasteiger partial charge in [0.25, 0.3) is 0 Å². The van der Waals surface area contributed by atoms with Crippen molar-refractivity contribution in [1.82, 2.24) is 9.38 Å². The number of imidazole rings is 1. The molecule has 1 atom stereocenters. The zero-order valence-electron chi connectivity index (χ0n) is 9.87. The predicted octanol–water partition coefficient (Wildman–Crippen LogP) is 2.71. The third-order valence-corrected chi connectivity index (χ3v) is 4.58. The zero-order valence-corrected chi connectivity index (χ0v) is 11.5. The van der Waals surface area contributed by atoms with Crippen molar-refractivity contribution in [2.45, 2.75) is 12.5 Å². The van der Waals surface area contributed by atoms with Crippen molar-refractivity contribution in [2.24, 2.45) is 5.73 Å². The maximum atomic E-state index is 6.19. The molecular formula is C12H13N3OS2. The van der Waals surface area contributed by atoms with Gasteiger partial charge in [-0.1, -0.05) is 0 Å². The Hall–Kier alpha value is -1.37. The molecule has 4 nitrogen and oxygen atoms in total. The fourth-order valence-electron chi connectivity index (χ4n) is 1.84. The molecule has 3 heterocycles. The normalized spacial score (nSPS) is 13.0. The predicted molar refractivity (Wildman–Crippen MR) is 74.6 cm³/mol. The van der Waals surface area contributed by atoms with Crippen molar-refractivity contribution in [1.29, 1.82) is 0 Å². The van der Waals surface area contributed by atoms with E-state index in [0.717, 1.165) is 27.7 Å². The second-order valence-corrected chi connectivity index (χ2v) is 5.84. The Morgan fingerprint density at radius 3 is 3.11 bits per heavy atom. The molecule has 0 spiro atoms. The molecule has 18 heavy (non-hydrogen) atoms. The van der Waals surface area contributed by atoms with Gasteiger partial charge in [-0.3, -0.25) is 4.40 Å². The van der Waals surface area contributed by atoms with Gasteiger partial charge in [0.1, 0.15) is 5.75 Å². The van der Waals surface area contributed by atoms with E-state index in [-0.39, 0.29) is 6.04 Å². The van der Waals surface area contributed by atoms with Crippen molar-refractivity contribution in [3.05, 3.63) is 39.8 Å². The van der Waals surface area contributed by atoms with Gasteiger partial charge in [0.05, 0.1) is 12.8 Å². The molecule has 6 heteroatoms. The van der Waals surface area contributed by atoms with E-state index in [1.54, 1.807) is 29.8 Å². The van der Waals surface area contributed by atoms with Crippen LogP contribution in [0.25, 0.3) is 4.96 Å². The highest BCUT2D eigenvalue weighted by molar-refractivity contribution is 7.15. The van der Waals surface area contributed by atoms with Gasteiger partial charge in [-0.15, -0.1) is 22.7 Å². The van der Waals surface area contributed by atoms with E-state index in [9.17, 15) is 0 Å². The van der Waals surface area contributed by atoms with Gasteiger partial charge < -0.3 is 10.5 Å². The molecule has 1 unspecified atom stereocenters. The Kier molecular flexibility index (Phi) is 3.07. The summed E-state index contributed by atoms with van der Waals surface area (Å²) < 4.78 is 7.20. The van der Waals surface area contributed by atoms with Crippen LogP contribution in [0.5, 0.6) is 5.75 Å². The number of hydrogen-bond donors (Lipinski definition) is 1. The summed E-state index contributed by atoms with van der Waals surface area (Å²) >= 11 is 3.26. The number of methoxy groups -OCH3 is 1. The molecule has 3 rings (SSSR count). The third kappa shape index (κ3) is 2.14. The number of nitrogens with two attached hydrogens (primary N) is 1. The largest absolute Gasteiger partial charge is 0.496 e. The van der Waals surface area contributed by atoms with Crippen LogP contribution >= 0.6 is 22.7 Å². The molecular weight excluding hydrogens is 266 g/mol. The molecule has 0 amide bonds. The molecule has 94 valence electrons. The number of fused-ring (bicyclic) bond motifs is 1. The quantitative estimate of drug-likeness (QED) is 0.799. The van der Waals surface area contributed by atoms with Crippen molar-refractivity contribution >= 4 is 27.6 Å². The van der Waals surface area contributed by atoms with Gasteiger partial charge >= 0.3 is 0 Å². The van der Waals surface area contributed by atoms with Gasteiger partial charge in [-0.25, -0.2) is 4.98 Å². The molecule has 0 radical (unpaired) electrons. The number of thiophene rings is 1. The SMILES string of the molecule is COc1csc(C(N)Cc2cn3ccsc3n2)c1. The van der Waals surface area contributed by atoms with Crippen LogP contribution < -0.4 is 10.5 Å². The summed E-state index contributed by atoms with van der Waals surface area (Å²) in [5.41, 5.74) is 7.22. The molecule has 0 aliphatic rings. The van der Waals surface area contributed by atoms with Crippen LogP contribution in [-0.2, 0) is 6.42 Å². The van der Waals surface area contributed by atoms with Crippen LogP contribution in [0.1, 0.15) is 16.6 Å². The second kappa shape index (κ2) is 4.72. The molecule has 0 aliphatic carbocycles. The topological polar surface area (TPSA) is 52.5 Å². The van der Waals surface area contributed by atoms with Crippen molar-refractivity contribution in [3.63, 3.8) is 0 Å². The van der Waals surface area contributed by atoms with Gasteiger partial charge in [0, 0.05) is 40.5 Å². The highest BCUT2D eigenvalue weighted by Crippen LogP contribution is 2.27. The number of rotatable bonds is 4. The number of aromatic nitrogens is 2. The fraction of sp³-hybridized carbons (Fsp3) is 0.250. The maximum Gasteiger partial charge on any atom is 0.193 e. The average Bonchev–Trinajstić information content (AvgIpc) is 3.02. The molecule has 2 N–H and O–H groups in total. The van der Waals surface area contributed by atoms with E-state index >= 15 is 0 Å². The number of hydrogen-bond acceptors (Lipinski definition) is 5. The molecule has 0 saturated heterocycles. The highest BCUT2D eigenvalue weighted by atomic mass is 32.1. The number of ether oxygens (including phenoxy) is 1. The summed E-state index contributed by atoms with van der Waals surface area (Å²) in [5, 5.41) is 4.00. The molecule has 0 aliphatic heterocycles. The standard InChI is InChI=1S/C12H13N3OS2/c1-16-9-5-11(18-7-9)10(13)4-8-6-15-2-3-17-12(15)14-8/h2-3,5-7,10H,4,13H2,1H3. The fourth-order valence-corrected chi connectivity index (χ4v) is 3.41. The first kappa shape index (κ1) is 11.7. The van der Waals surface area contributed by atoms with E-state index in [2.05, 4.69) is 4.98 Å². The Labute approximate surface area is 113 Å². The Morgan fingerprint density at radius 1 is 1.50 bits per heavy atom. The van der Waals surface area contributed by atoms with E-state index in [0.29, 0.717) is 0 Å². The van der Waals surface area contributed by atoms with Crippen LogP contribution in [0.4, 0.5) is 0 Å². The lowest BCUT2D eigenvalue weighted by Gasteiger charge is -2.06. The summed E-state index contributed by atoms with van der Waals surface area (Å²) in [6.45, 7) is 0. The van der Waals surface area contributed by atoms with Gasteiger partial charge in [-0.2, -0.15) is 0 Å². The third-order valence-electron chi connectivity index (χ3n) is 2.77. The average molecular weight is 279 g/mol. The lowest BCUT2D eigenvalue weighted by Crippen LogP contribution is -2.11. The summed E-state index contributed by atoms with van der Waals surface area (Å²) in [4.78, 5) is 6.68. The number of nitrogens with zero attached hydrogens (tertiary/aromatic N) is 2. The minimum Gasteiger partial charge on any atom is -0.496 e. The highest BCUT2D eigenvalue weighted by Gasteiger charge is 2.13. The summed E-state index contributed by atoms with van der Waals surface area (Å²) in [5.74, 6) is 0.872. The minimum absolute atomic E-state index is 0.0245. The first-order chi connectivity index (χ1) is 8.76. The maximum absolute atomic E-state index is 6.19. The Morgan fingerprint density at radius 2 is 2.39 bits per heavy atom.